The smallest absolute Gasteiger partial charge is 0.251 e. The summed E-state index contributed by atoms with van der Waals surface area (Å²) in [6.07, 6.45) is 0.625. The van der Waals surface area contributed by atoms with E-state index in [4.69, 9.17) is 10.8 Å². The Hall–Kier alpha value is -1.43. The van der Waals surface area contributed by atoms with Crippen LogP contribution in [0.25, 0.3) is 0 Å². The molecule has 0 aliphatic heterocycles. The third-order valence-corrected chi connectivity index (χ3v) is 2.65. The molecule has 0 saturated carbocycles. The molecule has 1 unspecified atom stereocenters. The third kappa shape index (κ3) is 4.10. The second kappa shape index (κ2) is 6.49. The second-order valence-electron chi connectivity index (χ2n) is 4.53. The zero-order valence-electron chi connectivity index (χ0n) is 10.5. The summed E-state index contributed by atoms with van der Waals surface area (Å²) in [7, 11) is 0. The first-order valence-corrected chi connectivity index (χ1v) is 5.89. The molecule has 0 bridgehead atoms. The normalized spacial score (nSPS) is 14.0. The number of nitrogens with two attached hydrogens (primary N) is 1. The van der Waals surface area contributed by atoms with Gasteiger partial charge in [0.2, 0.25) is 0 Å². The summed E-state index contributed by atoms with van der Waals surface area (Å²) in [5.74, 6) is -0.271. The zero-order valence-corrected chi connectivity index (χ0v) is 10.5. The lowest BCUT2D eigenvalue weighted by atomic mass is 10.0. The Balaban J connectivity index is 2.72. The Morgan fingerprint density at radius 1 is 1.44 bits per heavy atom. The molecule has 1 aromatic rings. The zero-order chi connectivity index (χ0) is 13.6. The molecule has 1 amide bonds. The highest BCUT2D eigenvalue weighted by molar-refractivity contribution is 5.95. The highest BCUT2D eigenvalue weighted by Gasteiger charge is 2.20. The molecule has 100 valence electrons. The highest BCUT2D eigenvalue weighted by atomic mass is 16.3. The number of amides is 1. The van der Waals surface area contributed by atoms with Gasteiger partial charge in [-0.05, 0) is 31.5 Å². The van der Waals surface area contributed by atoms with Gasteiger partial charge in [-0.3, -0.25) is 4.79 Å². The van der Waals surface area contributed by atoms with Crippen LogP contribution in [0.2, 0.25) is 0 Å². The predicted molar refractivity (Wildman–Crippen MR) is 69.2 cm³/mol. The van der Waals surface area contributed by atoms with Crippen molar-refractivity contribution in [3.8, 4) is 0 Å². The van der Waals surface area contributed by atoms with Gasteiger partial charge in [0.25, 0.3) is 5.91 Å². The second-order valence-corrected chi connectivity index (χ2v) is 4.53. The molecule has 0 radical (unpaired) electrons. The predicted octanol–water partition coefficient (Wildman–Crippen LogP) is -0.339. The number of benzene rings is 1. The number of hydrogen-bond acceptors (Lipinski definition) is 4. The maximum absolute atomic E-state index is 12.0. The van der Waals surface area contributed by atoms with Gasteiger partial charge in [-0.15, -0.1) is 0 Å². The minimum Gasteiger partial charge on any atom is -0.393 e. The van der Waals surface area contributed by atoms with Crippen molar-refractivity contribution in [3.05, 3.63) is 35.4 Å². The SMILES string of the molecule is CC(O)(CO)CNC(=O)c1ccccc1CCN. The lowest BCUT2D eigenvalue weighted by Crippen LogP contribution is -2.43. The first-order chi connectivity index (χ1) is 8.50. The van der Waals surface area contributed by atoms with Crippen LogP contribution in [-0.2, 0) is 6.42 Å². The lowest BCUT2D eigenvalue weighted by Gasteiger charge is -2.21. The van der Waals surface area contributed by atoms with Crippen LogP contribution in [0.1, 0.15) is 22.8 Å². The van der Waals surface area contributed by atoms with Gasteiger partial charge in [0.05, 0.1) is 6.61 Å². The van der Waals surface area contributed by atoms with E-state index < -0.39 is 12.2 Å². The van der Waals surface area contributed by atoms with Crippen molar-refractivity contribution in [2.75, 3.05) is 19.7 Å². The van der Waals surface area contributed by atoms with Gasteiger partial charge < -0.3 is 21.3 Å². The fraction of sp³-hybridized carbons (Fsp3) is 0.462. The quantitative estimate of drug-likeness (QED) is 0.557. The van der Waals surface area contributed by atoms with E-state index in [0.717, 1.165) is 5.56 Å². The van der Waals surface area contributed by atoms with Gasteiger partial charge in [0.1, 0.15) is 5.60 Å². The molecule has 1 aromatic carbocycles. The maximum Gasteiger partial charge on any atom is 0.251 e. The molecule has 0 aromatic heterocycles. The Kier molecular flexibility index (Phi) is 5.27. The number of rotatable bonds is 6. The fourth-order valence-electron chi connectivity index (χ4n) is 1.54. The summed E-state index contributed by atoms with van der Waals surface area (Å²) in [4.78, 5) is 12.0. The first kappa shape index (κ1) is 14.6. The first-order valence-electron chi connectivity index (χ1n) is 5.89. The number of hydrogen-bond donors (Lipinski definition) is 4. The maximum atomic E-state index is 12.0. The average Bonchev–Trinajstić information content (AvgIpc) is 2.37. The van der Waals surface area contributed by atoms with Crippen LogP contribution in [0.5, 0.6) is 0 Å². The van der Waals surface area contributed by atoms with Gasteiger partial charge >= 0.3 is 0 Å². The summed E-state index contributed by atoms with van der Waals surface area (Å²) in [5, 5.41) is 21.1. The van der Waals surface area contributed by atoms with Gasteiger partial charge in [-0.25, -0.2) is 0 Å². The van der Waals surface area contributed by atoms with Crippen LogP contribution in [0, 0.1) is 0 Å². The molecule has 0 aliphatic rings. The van der Waals surface area contributed by atoms with E-state index >= 15 is 0 Å². The molecule has 0 aliphatic carbocycles. The van der Waals surface area contributed by atoms with E-state index in [-0.39, 0.29) is 12.5 Å². The van der Waals surface area contributed by atoms with Gasteiger partial charge in [-0.1, -0.05) is 18.2 Å². The van der Waals surface area contributed by atoms with Gasteiger partial charge in [0.15, 0.2) is 0 Å². The van der Waals surface area contributed by atoms with E-state index in [0.29, 0.717) is 18.5 Å². The monoisotopic (exact) mass is 252 g/mol. The van der Waals surface area contributed by atoms with Crippen LogP contribution < -0.4 is 11.1 Å². The van der Waals surface area contributed by atoms with Crippen molar-refractivity contribution in [3.63, 3.8) is 0 Å². The average molecular weight is 252 g/mol. The highest BCUT2D eigenvalue weighted by Crippen LogP contribution is 2.09. The Bertz CT molecular complexity index is 405. The summed E-state index contributed by atoms with van der Waals surface area (Å²) in [6, 6.07) is 7.20. The summed E-state index contributed by atoms with van der Waals surface area (Å²) in [5.41, 5.74) is 5.61. The van der Waals surface area contributed by atoms with Gasteiger partial charge in [-0.2, -0.15) is 0 Å². The summed E-state index contributed by atoms with van der Waals surface area (Å²) < 4.78 is 0. The molecule has 5 N–H and O–H groups in total. The number of aliphatic hydroxyl groups is 2. The fourth-order valence-corrected chi connectivity index (χ4v) is 1.54. The molecule has 1 rings (SSSR count). The van der Waals surface area contributed by atoms with Crippen LogP contribution in [0.4, 0.5) is 0 Å². The lowest BCUT2D eigenvalue weighted by molar-refractivity contribution is 0.00319. The van der Waals surface area contributed by atoms with E-state index in [2.05, 4.69) is 5.32 Å². The standard InChI is InChI=1S/C13H20N2O3/c1-13(18,9-16)8-15-12(17)11-5-3-2-4-10(11)6-7-14/h2-5,16,18H,6-9,14H2,1H3,(H,15,17). The molecular formula is C13H20N2O3. The molecule has 0 heterocycles. The number of carbonyl (C=O) groups excluding carboxylic acids is 1. The van der Waals surface area contributed by atoms with Gasteiger partial charge in [0, 0.05) is 12.1 Å². The van der Waals surface area contributed by atoms with E-state index in [1.807, 2.05) is 12.1 Å². The van der Waals surface area contributed by atoms with Crippen LogP contribution in [0.3, 0.4) is 0 Å². The molecule has 0 saturated heterocycles. The minimum absolute atomic E-state index is 0.000702. The Morgan fingerprint density at radius 2 is 2.11 bits per heavy atom. The Morgan fingerprint density at radius 3 is 2.72 bits per heavy atom. The largest absolute Gasteiger partial charge is 0.393 e. The van der Waals surface area contributed by atoms with Crippen molar-refractivity contribution in [2.24, 2.45) is 5.73 Å². The molecule has 0 spiro atoms. The van der Waals surface area contributed by atoms with Crippen LogP contribution in [0.15, 0.2) is 24.3 Å². The molecule has 18 heavy (non-hydrogen) atoms. The van der Waals surface area contributed by atoms with E-state index in [9.17, 15) is 9.90 Å². The molecular weight excluding hydrogens is 232 g/mol. The number of aliphatic hydroxyl groups excluding tert-OH is 1. The number of carbonyl (C=O) groups is 1. The van der Waals surface area contributed by atoms with Crippen molar-refractivity contribution in [2.45, 2.75) is 18.9 Å². The van der Waals surface area contributed by atoms with Crippen LogP contribution in [-0.4, -0.2) is 41.4 Å². The third-order valence-electron chi connectivity index (χ3n) is 2.65. The molecule has 5 heteroatoms. The van der Waals surface area contributed by atoms with E-state index in [1.54, 1.807) is 12.1 Å². The molecule has 1 atom stereocenters. The topological polar surface area (TPSA) is 95.6 Å². The Labute approximate surface area is 107 Å². The van der Waals surface area contributed by atoms with Crippen molar-refractivity contribution < 1.29 is 15.0 Å². The van der Waals surface area contributed by atoms with Crippen molar-refractivity contribution in [1.82, 2.24) is 5.32 Å². The summed E-state index contributed by atoms with van der Waals surface area (Å²) in [6.45, 7) is 1.52. The molecule has 5 nitrogen and oxygen atoms in total. The molecule has 0 fully saturated rings. The number of nitrogens with one attached hydrogen (secondary N) is 1. The minimum atomic E-state index is -1.31. The van der Waals surface area contributed by atoms with Crippen molar-refractivity contribution >= 4 is 5.91 Å². The van der Waals surface area contributed by atoms with E-state index in [1.165, 1.54) is 6.92 Å². The van der Waals surface area contributed by atoms with Crippen molar-refractivity contribution in [1.29, 1.82) is 0 Å². The summed E-state index contributed by atoms with van der Waals surface area (Å²) >= 11 is 0. The van der Waals surface area contributed by atoms with Crippen LogP contribution >= 0.6 is 0 Å².